The van der Waals surface area contributed by atoms with Gasteiger partial charge < -0.3 is 10.2 Å². The summed E-state index contributed by atoms with van der Waals surface area (Å²) in [5.74, 6) is 0.539. The van der Waals surface area contributed by atoms with Crippen molar-refractivity contribution < 1.29 is 13.2 Å². The summed E-state index contributed by atoms with van der Waals surface area (Å²) < 4.78 is 25.8. The quantitative estimate of drug-likeness (QED) is 0.802. The molecule has 3 aliphatic heterocycles. The van der Waals surface area contributed by atoms with E-state index in [1.54, 1.807) is 12.1 Å². The highest BCUT2D eigenvalue weighted by Gasteiger charge is 2.35. The van der Waals surface area contributed by atoms with Crippen molar-refractivity contribution in [2.75, 3.05) is 30.6 Å². The fraction of sp³-hybridized carbons (Fsp3) is 0.421. The predicted molar refractivity (Wildman–Crippen MR) is 109 cm³/mol. The summed E-state index contributed by atoms with van der Waals surface area (Å²) in [6, 6.07) is 11.1. The molecule has 3 saturated heterocycles. The number of benzene rings is 1. The van der Waals surface area contributed by atoms with Crippen molar-refractivity contribution in [3.63, 3.8) is 0 Å². The number of hydrogen-bond acceptors (Lipinski definition) is 5. The standard InChI is InChI=1S/C19H23N3O3S2/c1-27(24,25)21-15-5-3-2-4-14(15)17-6-7-18(26-17)19(23)20-16-12-22-10-8-13(16)9-11-22/h2-7,13,16,21H,8-12H2,1H3,(H,20,23). The Labute approximate surface area is 163 Å². The summed E-state index contributed by atoms with van der Waals surface area (Å²) in [6.45, 7) is 3.23. The van der Waals surface area contributed by atoms with Crippen molar-refractivity contribution in [3.8, 4) is 10.4 Å². The Bertz CT molecular complexity index is 947. The second-order valence-corrected chi connectivity index (χ2v) is 10.1. The topological polar surface area (TPSA) is 78.5 Å². The van der Waals surface area contributed by atoms with Crippen LogP contribution < -0.4 is 10.0 Å². The molecular weight excluding hydrogens is 382 g/mol. The number of sulfonamides is 1. The first-order valence-electron chi connectivity index (χ1n) is 9.09. The van der Waals surface area contributed by atoms with Crippen LogP contribution >= 0.6 is 11.3 Å². The summed E-state index contributed by atoms with van der Waals surface area (Å²) in [7, 11) is -3.37. The van der Waals surface area contributed by atoms with Crippen molar-refractivity contribution >= 4 is 33.0 Å². The van der Waals surface area contributed by atoms with Crippen LogP contribution in [0.3, 0.4) is 0 Å². The fourth-order valence-electron chi connectivity index (χ4n) is 3.96. The molecule has 8 heteroatoms. The molecule has 1 atom stereocenters. The summed E-state index contributed by atoms with van der Waals surface area (Å²) in [5.41, 5.74) is 1.29. The maximum Gasteiger partial charge on any atom is 0.261 e. The summed E-state index contributed by atoms with van der Waals surface area (Å²) in [4.78, 5) is 16.6. The second kappa shape index (κ2) is 7.26. The lowest BCUT2D eigenvalue weighted by atomic mass is 9.84. The van der Waals surface area contributed by atoms with Crippen LogP contribution in [0.4, 0.5) is 5.69 Å². The molecule has 1 aromatic heterocycles. The monoisotopic (exact) mass is 405 g/mol. The number of fused-ring (bicyclic) bond motifs is 3. The lowest BCUT2D eigenvalue weighted by molar-refractivity contribution is 0.0622. The minimum Gasteiger partial charge on any atom is -0.347 e. The van der Waals surface area contributed by atoms with E-state index in [1.807, 2.05) is 24.3 Å². The van der Waals surface area contributed by atoms with E-state index in [0.717, 1.165) is 49.2 Å². The molecule has 6 nitrogen and oxygen atoms in total. The van der Waals surface area contributed by atoms with Crippen molar-refractivity contribution in [2.45, 2.75) is 18.9 Å². The molecule has 2 aromatic rings. The summed E-state index contributed by atoms with van der Waals surface area (Å²) >= 11 is 1.38. The molecule has 2 N–H and O–H groups in total. The third kappa shape index (κ3) is 4.17. The molecule has 4 heterocycles. The van der Waals surface area contributed by atoms with Crippen molar-refractivity contribution in [2.24, 2.45) is 5.92 Å². The molecule has 3 aliphatic rings. The van der Waals surface area contributed by atoms with Crippen molar-refractivity contribution in [3.05, 3.63) is 41.3 Å². The van der Waals surface area contributed by atoms with Gasteiger partial charge in [0, 0.05) is 23.0 Å². The van der Waals surface area contributed by atoms with Gasteiger partial charge in [0.05, 0.1) is 16.8 Å². The van der Waals surface area contributed by atoms with Crippen LogP contribution in [0.15, 0.2) is 36.4 Å². The molecule has 1 amide bonds. The number of nitrogens with zero attached hydrogens (tertiary/aromatic N) is 1. The molecule has 0 saturated carbocycles. The third-order valence-electron chi connectivity index (χ3n) is 5.29. The number of hydrogen-bond donors (Lipinski definition) is 2. The highest BCUT2D eigenvalue weighted by molar-refractivity contribution is 7.92. The number of para-hydroxylation sites is 1. The van der Waals surface area contributed by atoms with Crippen LogP contribution in [0.25, 0.3) is 10.4 Å². The van der Waals surface area contributed by atoms with Gasteiger partial charge in [0.2, 0.25) is 10.0 Å². The zero-order valence-corrected chi connectivity index (χ0v) is 16.8. The van der Waals surface area contributed by atoms with E-state index in [2.05, 4.69) is 14.9 Å². The largest absolute Gasteiger partial charge is 0.347 e. The number of carbonyl (C=O) groups excluding carboxylic acids is 1. The van der Waals surface area contributed by atoms with Crippen LogP contribution in [-0.4, -0.2) is 51.2 Å². The van der Waals surface area contributed by atoms with E-state index in [0.29, 0.717) is 16.5 Å². The van der Waals surface area contributed by atoms with Gasteiger partial charge in [-0.1, -0.05) is 18.2 Å². The van der Waals surface area contributed by atoms with Gasteiger partial charge in [0.15, 0.2) is 0 Å². The van der Waals surface area contributed by atoms with Gasteiger partial charge in [-0.3, -0.25) is 9.52 Å². The minimum atomic E-state index is -3.37. The Balaban J connectivity index is 1.51. The fourth-order valence-corrected chi connectivity index (χ4v) is 5.49. The minimum absolute atomic E-state index is 0.0430. The van der Waals surface area contributed by atoms with E-state index >= 15 is 0 Å². The Kier molecular flexibility index (Phi) is 4.96. The molecule has 0 radical (unpaired) electrons. The molecule has 5 rings (SSSR count). The maximum absolute atomic E-state index is 12.7. The van der Waals surface area contributed by atoms with Gasteiger partial charge in [-0.05, 0) is 50.0 Å². The lowest BCUT2D eigenvalue weighted by Gasteiger charge is -2.44. The molecule has 144 valence electrons. The lowest BCUT2D eigenvalue weighted by Crippen LogP contribution is -2.57. The van der Waals surface area contributed by atoms with Crippen LogP contribution in [0.2, 0.25) is 0 Å². The van der Waals surface area contributed by atoms with E-state index in [9.17, 15) is 13.2 Å². The first-order valence-corrected chi connectivity index (χ1v) is 11.8. The molecule has 1 aromatic carbocycles. The highest BCUT2D eigenvalue weighted by atomic mass is 32.2. The first kappa shape index (κ1) is 18.5. The normalized spacial score (nSPS) is 24.6. The smallest absolute Gasteiger partial charge is 0.261 e. The number of thiophene rings is 1. The van der Waals surface area contributed by atoms with Crippen molar-refractivity contribution in [1.29, 1.82) is 0 Å². The van der Waals surface area contributed by atoms with Crippen LogP contribution in [0, 0.1) is 5.92 Å². The van der Waals surface area contributed by atoms with Gasteiger partial charge in [-0.15, -0.1) is 11.3 Å². The number of piperidine rings is 3. The van der Waals surface area contributed by atoms with E-state index < -0.39 is 10.0 Å². The van der Waals surface area contributed by atoms with Gasteiger partial charge in [-0.2, -0.15) is 0 Å². The van der Waals surface area contributed by atoms with Crippen LogP contribution in [-0.2, 0) is 10.0 Å². The number of amides is 1. The Hall–Kier alpha value is -1.90. The average molecular weight is 406 g/mol. The second-order valence-electron chi connectivity index (χ2n) is 7.30. The zero-order chi connectivity index (χ0) is 19.0. The third-order valence-corrected chi connectivity index (χ3v) is 7.00. The molecule has 2 bridgehead atoms. The van der Waals surface area contributed by atoms with E-state index in [-0.39, 0.29) is 11.9 Å². The molecule has 1 unspecified atom stereocenters. The first-order chi connectivity index (χ1) is 12.9. The van der Waals surface area contributed by atoms with E-state index in [4.69, 9.17) is 0 Å². The summed E-state index contributed by atoms with van der Waals surface area (Å²) in [6.07, 6.45) is 3.45. The Morgan fingerprint density at radius 3 is 2.56 bits per heavy atom. The SMILES string of the molecule is CS(=O)(=O)Nc1ccccc1-c1ccc(C(=O)NC2CN3CCC2CC3)s1. The predicted octanol–water partition coefficient (Wildman–Crippen LogP) is 2.61. The van der Waals surface area contributed by atoms with E-state index in [1.165, 1.54) is 11.3 Å². The molecule has 3 fully saturated rings. The molecule has 0 aliphatic carbocycles. The van der Waals surface area contributed by atoms with Crippen LogP contribution in [0.5, 0.6) is 0 Å². The number of anilines is 1. The van der Waals surface area contributed by atoms with Gasteiger partial charge >= 0.3 is 0 Å². The molecular formula is C19H23N3O3S2. The Morgan fingerprint density at radius 2 is 1.89 bits per heavy atom. The maximum atomic E-state index is 12.7. The Morgan fingerprint density at radius 1 is 1.15 bits per heavy atom. The zero-order valence-electron chi connectivity index (χ0n) is 15.1. The summed E-state index contributed by atoms with van der Waals surface area (Å²) in [5, 5.41) is 3.20. The van der Waals surface area contributed by atoms with Gasteiger partial charge in [0.1, 0.15) is 0 Å². The van der Waals surface area contributed by atoms with Gasteiger partial charge in [0.25, 0.3) is 5.91 Å². The number of nitrogens with one attached hydrogen (secondary N) is 2. The molecule has 0 spiro atoms. The number of carbonyl (C=O) groups is 1. The average Bonchev–Trinajstić information content (AvgIpc) is 3.12. The molecule has 27 heavy (non-hydrogen) atoms. The van der Waals surface area contributed by atoms with Crippen LogP contribution in [0.1, 0.15) is 22.5 Å². The highest BCUT2D eigenvalue weighted by Crippen LogP contribution is 2.34. The van der Waals surface area contributed by atoms with Crippen molar-refractivity contribution in [1.82, 2.24) is 10.2 Å². The van der Waals surface area contributed by atoms with Gasteiger partial charge in [-0.25, -0.2) is 8.42 Å². The number of rotatable bonds is 5.